The Morgan fingerprint density at radius 3 is 2.38 bits per heavy atom. The molecule has 1 aromatic heterocycles. The Balaban J connectivity index is 2.18. The molecule has 0 radical (unpaired) electrons. The number of aryl methyl sites for hydroxylation is 1. The van der Waals surface area contributed by atoms with Gasteiger partial charge in [0, 0.05) is 17.4 Å². The summed E-state index contributed by atoms with van der Waals surface area (Å²) in [5.74, 6) is -0.924. The maximum absolute atomic E-state index is 13.0. The Bertz CT molecular complexity index is 741. The highest BCUT2D eigenvalue weighted by molar-refractivity contribution is 7.16. The topological polar surface area (TPSA) is 71.1 Å². The lowest BCUT2D eigenvalue weighted by Gasteiger charge is -2.20. The van der Waals surface area contributed by atoms with Crippen molar-refractivity contribution < 1.29 is 14.0 Å². The first-order valence-electron chi connectivity index (χ1n) is 7.59. The van der Waals surface area contributed by atoms with Gasteiger partial charge >= 0.3 is 0 Å². The fraction of sp³-hybridized carbons (Fsp3) is 0.353. The molecule has 7 heteroatoms. The van der Waals surface area contributed by atoms with Gasteiger partial charge in [0.15, 0.2) is 5.13 Å². The summed E-state index contributed by atoms with van der Waals surface area (Å²) in [7, 11) is 0. The van der Waals surface area contributed by atoms with Crippen LogP contribution >= 0.6 is 11.3 Å². The number of aromatic nitrogens is 1. The second kappa shape index (κ2) is 7.53. The molecule has 0 aliphatic heterocycles. The van der Waals surface area contributed by atoms with Gasteiger partial charge < -0.3 is 10.6 Å². The Morgan fingerprint density at radius 1 is 1.21 bits per heavy atom. The van der Waals surface area contributed by atoms with Crippen molar-refractivity contribution >= 4 is 28.3 Å². The first kappa shape index (κ1) is 18.1. The summed E-state index contributed by atoms with van der Waals surface area (Å²) >= 11 is 1.34. The van der Waals surface area contributed by atoms with Crippen LogP contribution in [0.5, 0.6) is 0 Å². The third kappa shape index (κ3) is 4.38. The quantitative estimate of drug-likeness (QED) is 0.869. The van der Waals surface area contributed by atoms with Gasteiger partial charge in [0.1, 0.15) is 11.9 Å². The predicted molar refractivity (Wildman–Crippen MR) is 93.3 cm³/mol. The van der Waals surface area contributed by atoms with Crippen molar-refractivity contribution in [3.05, 3.63) is 35.0 Å². The maximum Gasteiger partial charge on any atom is 0.248 e. The smallest absolute Gasteiger partial charge is 0.248 e. The molecule has 1 unspecified atom stereocenters. The predicted octanol–water partition coefficient (Wildman–Crippen LogP) is 3.36. The molecule has 0 aliphatic rings. The zero-order valence-electron chi connectivity index (χ0n) is 14.0. The summed E-state index contributed by atoms with van der Waals surface area (Å²) in [6.07, 6.45) is 0. The van der Waals surface area contributed by atoms with E-state index in [0.29, 0.717) is 10.8 Å². The highest BCUT2D eigenvalue weighted by atomic mass is 32.1. The molecular formula is C17H20FN3O2S. The summed E-state index contributed by atoms with van der Waals surface area (Å²) in [5.41, 5.74) is 1.49. The lowest BCUT2D eigenvalue weighted by Crippen LogP contribution is -2.46. The number of rotatable bonds is 5. The van der Waals surface area contributed by atoms with E-state index in [4.69, 9.17) is 0 Å². The normalized spacial score (nSPS) is 12.1. The molecule has 2 rings (SSSR count). The Morgan fingerprint density at radius 2 is 1.83 bits per heavy atom. The van der Waals surface area contributed by atoms with Crippen LogP contribution in [0.25, 0.3) is 11.3 Å². The number of amides is 2. The van der Waals surface area contributed by atoms with E-state index < -0.39 is 6.04 Å². The van der Waals surface area contributed by atoms with E-state index in [-0.39, 0.29) is 23.5 Å². The number of nitrogens with one attached hydrogen (secondary N) is 2. The van der Waals surface area contributed by atoms with E-state index in [1.165, 1.54) is 30.4 Å². The van der Waals surface area contributed by atoms with Crippen LogP contribution in [-0.2, 0) is 9.59 Å². The van der Waals surface area contributed by atoms with Crippen LogP contribution in [0.4, 0.5) is 9.52 Å². The van der Waals surface area contributed by atoms with E-state index in [1.807, 2.05) is 20.8 Å². The molecule has 0 bridgehead atoms. The van der Waals surface area contributed by atoms with E-state index in [1.54, 1.807) is 12.1 Å². The summed E-state index contributed by atoms with van der Waals surface area (Å²) in [4.78, 5) is 29.0. The molecule has 1 atom stereocenters. The minimum atomic E-state index is -0.624. The highest BCUT2D eigenvalue weighted by Crippen LogP contribution is 2.30. The number of carbonyl (C=O) groups excluding carboxylic acids is 2. The van der Waals surface area contributed by atoms with Gasteiger partial charge in [-0.3, -0.25) is 9.59 Å². The van der Waals surface area contributed by atoms with E-state index >= 15 is 0 Å². The molecule has 0 saturated carbocycles. The molecule has 1 heterocycles. The van der Waals surface area contributed by atoms with Gasteiger partial charge in [-0.25, -0.2) is 9.37 Å². The average molecular weight is 349 g/mol. The first-order valence-corrected chi connectivity index (χ1v) is 8.41. The van der Waals surface area contributed by atoms with Gasteiger partial charge in [0.05, 0.1) is 5.69 Å². The van der Waals surface area contributed by atoms with Crippen LogP contribution in [0.15, 0.2) is 24.3 Å². The number of hydrogen-bond acceptors (Lipinski definition) is 4. The monoisotopic (exact) mass is 349 g/mol. The molecule has 2 N–H and O–H groups in total. The molecule has 0 saturated heterocycles. The molecule has 2 amide bonds. The third-order valence-corrected chi connectivity index (χ3v) is 4.34. The Kier molecular flexibility index (Phi) is 5.66. The van der Waals surface area contributed by atoms with E-state index in [0.717, 1.165) is 10.4 Å². The molecular weight excluding hydrogens is 329 g/mol. The molecule has 0 spiro atoms. The number of hydrogen-bond donors (Lipinski definition) is 2. The number of benzene rings is 1. The summed E-state index contributed by atoms with van der Waals surface area (Å²) < 4.78 is 13.0. The highest BCUT2D eigenvalue weighted by Gasteiger charge is 2.24. The largest absolute Gasteiger partial charge is 0.344 e. The van der Waals surface area contributed by atoms with Gasteiger partial charge in [0.25, 0.3) is 0 Å². The van der Waals surface area contributed by atoms with Crippen molar-refractivity contribution in [3.8, 4) is 11.3 Å². The van der Waals surface area contributed by atoms with E-state index in [2.05, 4.69) is 15.6 Å². The van der Waals surface area contributed by atoms with Gasteiger partial charge in [-0.15, -0.1) is 11.3 Å². The van der Waals surface area contributed by atoms with Crippen LogP contribution in [0.3, 0.4) is 0 Å². The Labute approximate surface area is 144 Å². The standard InChI is InChI=1S/C17H20FN3O2S/c1-9(2)14(19-11(4)22)16(23)21-17-20-15(10(3)24-17)12-5-7-13(18)8-6-12/h5-9,14H,1-4H3,(H,19,22)(H,20,21,23). The fourth-order valence-corrected chi connectivity index (χ4v) is 3.10. The molecule has 0 fully saturated rings. The number of thiazole rings is 1. The van der Waals surface area contributed by atoms with Gasteiger partial charge in [-0.1, -0.05) is 13.8 Å². The molecule has 128 valence electrons. The van der Waals surface area contributed by atoms with Crippen LogP contribution in [-0.4, -0.2) is 22.8 Å². The molecule has 1 aromatic carbocycles. The van der Waals surface area contributed by atoms with E-state index in [9.17, 15) is 14.0 Å². The average Bonchev–Trinajstić information content (AvgIpc) is 2.85. The number of nitrogens with zero attached hydrogens (tertiary/aromatic N) is 1. The van der Waals surface area contributed by atoms with Crippen molar-refractivity contribution in [1.29, 1.82) is 0 Å². The van der Waals surface area contributed by atoms with Gasteiger partial charge in [-0.05, 0) is 37.1 Å². The summed E-state index contributed by atoms with van der Waals surface area (Å²) in [5, 5.41) is 5.85. The Hall–Kier alpha value is -2.28. The van der Waals surface area contributed by atoms with Crippen LogP contribution < -0.4 is 10.6 Å². The SMILES string of the molecule is CC(=O)NC(C(=O)Nc1nc(-c2ccc(F)cc2)c(C)s1)C(C)C. The maximum atomic E-state index is 13.0. The second-order valence-corrected chi connectivity index (χ2v) is 7.05. The van der Waals surface area contributed by atoms with Crippen LogP contribution in [0, 0.1) is 18.7 Å². The number of anilines is 1. The van der Waals surface area contributed by atoms with Crippen molar-refractivity contribution in [1.82, 2.24) is 10.3 Å². The van der Waals surface area contributed by atoms with Crippen molar-refractivity contribution in [2.45, 2.75) is 33.7 Å². The molecule has 24 heavy (non-hydrogen) atoms. The third-order valence-electron chi connectivity index (χ3n) is 3.45. The zero-order chi connectivity index (χ0) is 17.9. The number of halogens is 1. The van der Waals surface area contributed by atoms with Crippen molar-refractivity contribution in [3.63, 3.8) is 0 Å². The van der Waals surface area contributed by atoms with Crippen LogP contribution in [0.1, 0.15) is 25.6 Å². The summed E-state index contributed by atoms with van der Waals surface area (Å²) in [6.45, 7) is 6.98. The lowest BCUT2D eigenvalue weighted by atomic mass is 10.0. The van der Waals surface area contributed by atoms with Gasteiger partial charge in [0.2, 0.25) is 11.8 Å². The van der Waals surface area contributed by atoms with Gasteiger partial charge in [-0.2, -0.15) is 0 Å². The molecule has 0 aliphatic carbocycles. The minimum absolute atomic E-state index is 0.0495. The van der Waals surface area contributed by atoms with Crippen molar-refractivity contribution in [2.75, 3.05) is 5.32 Å². The zero-order valence-corrected chi connectivity index (χ0v) is 14.8. The molecule has 5 nitrogen and oxygen atoms in total. The first-order chi connectivity index (χ1) is 11.3. The molecule has 2 aromatic rings. The van der Waals surface area contributed by atoms with Crippen LogP contribution in [0.2, 0.25) is 0 Å². The fourth-order valence-electron chi connectivity index (χ4n) is 2.26. The van der Waals surface area contributed by atoms with Crippen molar-refractivity contribution in [2.24, 2.45) is 5.92 Å². The number of carbonyl (C=O) groups is 2. The second-order valence-electron chi connectivity index (χ2n) is 5.84. The summed E-state index contributed by atoms with van der Waals surface area (Å²) in [6, 6.07) is 5.42. The lowest BCUT2D eigenvalue weighted by molar-refractivity contribution is -0.126. The minimum Gasteiger partial charge on any atom is -0.344 e.